The molecule has 2 N–H and O–H groups in total. The van der Waals surface area contributed by atoms with Gasteiger partial charge >= 0.3 is 0 Å². The fourth-order valence-electron chi connectivity index (χ4n) is 2.72. The summed E-state index contributed by atoms with van der Waals surface area (Å²) in [6.07, 6.45) is 5.44. The highest BCUT2D eigenvalue weighted by Crippen LogP contribution is 2.19. The number of carbonyl (C=O) groups excluding carboxylic acids is 1. The molecule has 1 atom stereocenters. The van der Waals surface area contributed by atoms with E-state index in [2.05, 4.69) is 9.97 Å². The number of carbonyl (C=O) groups is 1. The second-order valence-corrected chi connectivity index (χ2v) is 5.25. The minimum absolute atomic E-state index is 0.0655. The van der Waals surface area contributed by atoms with E-state index in [1.807, 2.05) is 23.1 Å². The third kappa shape index (κ3) is 2.49. The van der Waals surface area contributed by atoms with Gasteiger partial charge in [-0.15, -0.1) is 0 Å². The zero-order valence-corrected chi connectivity index (χ0v) is 11.3. The Labute approximate surface area is 117 Å². The van der Waals surface area contributed by atoms with Gasteiger partial charge in [-0.2, -0.15) is 0 Å². The Hall–Kier alpha value is -2.01. The normalized spacial score (nSPS) is 19.2. The summed E-state index contributed by atoms with van der Waals surface area (Å²) in [5, 5.41) is 0. The first-order valence-corrected chi connectivity index (χ1v) is 6.98. The SMILES string of the molecule is NCC1CCCN(C(=O)c2ccc3nccnc3c2)C1. The third-order valence-corrected chi connectivity index (χ3v) is 3.86. The maximum atomic E-state index is 12.5. The minimum Gasteiger partial charge on any atom is -0.338 e. The molecule has 0 bridgehead atoms. The van der Waals surface area contributed by atoms with Crippen molar-refractivity contribution in [3.05, 3.63) is 36.2 Å². The van der Waals surface area contributed by atoms with E-state index in [0.717, 1.165) is 37.0 Å². The Morgan fingerprint density at radius 2 is 2.10 bits per heavy atom. The molecule has 0 radical (unpaired) electrons. The van der Waals surface area contributed by atoms with E-state index >= 15 is 0 Å². The maximum absolute atomic E-state index is 12.5. The van der Waals surface area contributed by atoms with Crippen LogP contribution in [-0.2, 0) is 0 Å². The molecule has 0 saturated carbocycles. The van der Waals surface area contributed by atoms with E-state index in [4.69, 9.17) is 5.73 Å². The third-order valence-electron chi connectivity index (χ3n) is 3.86. The van der Waals surface area contributed by atoms with Crippen LogP contribution in [0.2, 0.25) is 0 Å². The standard InChI is InChI=1S/C15H18N4O/c16-9-11-2-1-7-19(10-11)15(20)12-3-4-13-14(8-12)18-6-5-17-13/h3-6,8,11H,1-2,7,9-10,16H2. The van der Waals surface area contributed by atoms with Crippen LogP contribution >= 0.6 is 0 Å². The molecule has 1 amide bonds. The van der Waals surface area contributed by atoms with Crippen molar-refractivity contribution in [2.45, 2.75) is 12.8 Å². The predicted molar refractivity (Wildman–Crippen MR) is 77.2 cm³/mol. The van der Waals surface area contributed by atoms with Gasteiger partial charge < -0.3 is 10.6 Å². The van der Waals surface area contributed by atoms with E-state index in [9.17, 15) is 4.79 Å². The molecular formula is C15H18N4O. The topological polar surface area (TPSA) is 72.1 Å². The van der Waals surface area contributed by atoms with Crippen molar-refractivity contribution < 1.29 is 4.79 Å². The first-order chi connectivity index (χ1) is 9.78. The fraction of sp³-hybridized carbons (Fsp3) is 0.400. The Morgan fingerprint density at radius 1 is 1.30 bits per heavy atom. The number of fused-ring (bicyclic) bond motifs is 1. The molecule has 3 rings (SSSR count). The van der Waals surface area contributed by atoms with Crippen molar-refractivity contribution in [2.75, 3.05) is 19.6 Å². The van der Waals surface area contributed by atoms with Crippen LogP contribution < -0.4 is 5.73 Å². The average molecular weight is 270 g/mol. The number of hydrogen-bond donors (Lipinski definition) is 1. The number of likely N-dealkylation sites (tertiary alicyclic amines) is 1. The molecule has 1 fully saturated rings. The molecule has 1 aromatic heterocycles. The van der Waals surface area contributed by atoms with Crippen LogP contribution in [-0.4, -0.2) is 40.4 Å². The van der Waals surface area contributed by atoms with Gasteiger partial charge in [-0.05, 0) is 43.5 Å². The van der Waals surface area contributed by atoms with Gasteiger partial charge in [0.25, 0.3) is 5.91 Å². The number of aromatic nitrogens is 2. The molecule has 2 aromatic rings. The number of hydrogen-bond acceptors (Lipinski definition) is 4. The van der Waals surface area contributed by atoms with E-state index < -0.39 is 0 Å². The molecule has 0 aliphatic carbocycles. The minimum atomic E-state index is 0.0655. The van der Waals surface area contributed by atoms with Gasteiger partial charge in [-0.25, -0.2) is 0 Å². The van der Waals surface area contributed by atoms with E-state index in [1.54, 1.807) is 12.4 Å². The summed E-state index contributed by atoms with van der Waals surface area (Å²) in [7, 11) is 0. The van der Waals surface area contributed by atoms with Crippen molar-refractivity contribution in [3.63, 3.8) is 0 Å². The van der Waals surface area contributed by atoms with Crippen molar-refractivity contribution >= 4 is 16.9 Å². The number of nitrogens with two attached hydrogens (primary N) is 1. The molecule has 2 heterocycles. The summed E-state index contributed by atoms with van der Waals surface area (Å²) in [4.78, 5) is 22.9. The predicted octanol–water partition coefficient (Wildman–Crippen LogP) is 1.44. The smallest absolute Gasteiger partial charge is 0.253 e. The lowest BCUT2D eigenvalue weighted by molar-refractivity contribution is 0.0678. The quantitative estimate of drug-likeness (QED) is 0.896. The summed E-state index contributed by atoms with van der Waals surface area (Å²) in [6.45, 7) is 2.22. The molecule has 5 heteroatoms. The molecule has 1 aliphatic heterocycles. The number of benzene rings is 1. The van der Waals surface area contributed by atoms with Gasteiger partial charge in [0.2, 0.25) is 0 Å². The first-order valence-electron chi connectivity index (χ1n) is 6.98. The monoisotopic (exact) mass is 270 g/mol. The largest absolute Gasteiger partial charge is 0.338 e. The van der Waals surface area contributed by atoms with Crippen molar-refractivity contribution in [3.8, 4) is 0 Å². The molecule has 1 saturated heterocycles. The summed E-state index contributed by atoms with van der Waals surface area (Å²) in [5.41, 5.74) is 7.96. The summed E-state index contributed by atoms with van der Waals surface area (Å²) >= 11 is 0. The first kappa shape index (κ1) is 13.0. The van der Waals surface area contributed by atoms with Crippen molar-refractivity contribution in [1.82, 2.24) is 14.9 Å². The Kier molecular flexibility index (Phi) is 3.60. The summed E-state index contributed by atoms with van der Waals surface area (Å²) in [6, 6.07) is 5.49. The lowest BCUT2D eigenvalue weighted by atomic mass is 9.97. The van der Waals surface area contributed by atoms with Gasteiger partial charge in [0.05, 0.1) is 11.0 Å². The molecule has 1 aromatic carbocycles. The van der Waals surface area contributed by atoms with Gasteiger partial charge in [-0.1, -0.05) is 0 Å². The van der Waals surface area contributed by atoms with Gasteiger partial charge in [0, 0.05) is 31.0 Å². The number of nitrogens with zero attached hydrogens (tertiary/aromatic N) is 3. The number of rotatable bonds is 2. The highest BCUT2D eigenvalue weighted by molar-refractivity contribution is 5.97. The van der Waals surface area contributed by atoms with E-state index in [1.165, 1.54) is 0 Å². The Morgan fingerprint density at radius 3 is 2.90 bits per heavy atom. The number of piperidine rings is 1. The zero-order chi connectivity index (χ0) is 13.9. The van der Waals surface area contributed by atoms with Crippen molar-refractivity contribution in [1.29, 1.82) is 0 Å². The summed E-state index contributed by atoms with van der Waals surface area (Å²) in [5.74, 6) is 0.489. The summed E-state index contributed by atoms with van der Waals surface area (Å²) < 4.78 is 0. The Bertz CT molecular complexity index is 628. The molecule has 1 unspecified atom stereocenters. The van der Waals surface area contributed by atoms with E-state index in [0.29, 0.717) is 18.0 Å². The second kappa shape index (κ2) is 5.54. The number of amides is 1. The van der Waals surface area contributed by atoms with Crippen LogP contribution in [0, 0.1) is 5.92 Å². The maximum Gasteiger partial charge on any atom is 0.253 e. The van der Waals surface area contributed by atoms with Crippen LogP contribution in [0.1, 0.15) is 23.2 Å². The van der Waals surface area contributed by atoms with Gasteiger partial charge in [-0.3, -0.25) is 14.8 Å². The second-order valence-electron chi connectivity index (χ2n) is 5.25. The van der Waals surface area contributed by atoms with Crippen LogP contribution in [0.4, 0.5) is 0 Å². The zero-order valence-electron chi connectivity index (χ0n) is 11.3. The lowest BCUT2D eigenvalue weighted by Gasteiger charge is -2.32. The van der Waals surface area contributed by atoms with Crippen molar-refractivity contribution in [2.24, 2.45) is 11.7 Å². The highest BCUT2D eigenvalue weighted by Gasteiger charge is 2.23. The lowest BCUT2D eigenvalue weighted by Crippen LogP contribution is -2.42. The molecule has 104 valence electrons. The molecule has 0 spiro atoms. The molecular weight excluding hydrogens is 252 g/mol. The van der Waals surface area contributed by atoms with Gasteiger partial charge in [0.15, 0.2) is 0 Å². The van der Waals surface area contributed by atoms with Crippen LogP contribution in [0.5, 0.6) is 0 Å². The van der Waals surface area contributed by atoms with Crippen LogP contribution in [0.15, 0.2) is 30.6 Å². The Balaban J connectivity index is 1.84. The van der Waals surface area contributed by atoms with Gasteiger partial charge in [0.1, 0.15) is 0 Å². The van der Waals surface area contributed by atoms with Crippen LogP contribution in [0.3, 0.4) is 0 Å². The average Bonchev–Trinajstić information content (AvgIpc) is 2.53. The molecule has 5 nitrogen and oxygen atoms in total. The highest BCUT2D eigenvalue weighted by atomic mass is 16.2. The van der Waals surface area contributed by atoms with Crippen LogP contribution in [0.25, 0.3) is 11.0 Å². The fourth-order valence-corrected chi connectivity index (χ4v) is 2.72. The molecule has 20 heavy (non-hydrogen) atoms. The van der Waals surface area contributed by atoms with E-state index in [-0.39, 0.29) is 5.91 Å². The molecule has 1 aliphatic rings.